The van der Waals surface area contributed by atoms with Crippen LogP contribution in [0.5, 0.6) is 0 Å². The number of alkyl halides is 3. The molecule has 1 amide bonds. The van der Waals surface area contributed by atoms with Gasteiger partial charge in [-0.3, -0.25) is 9.59 Å². The van der Waals surface area contributed by atoms with E-state index in [1.54, 1.807) is 31.0 Å². The predicted molar refractivity (Wildman–Crippen MR) is 125 cm³/mol. The molecule has 1 aromatic heterocycles. The number of hydrogen-bond donors (Lipinski definition) is 2. The highest BCUT2D eigenvalue weighted by molar-refractivity contribution is 5.89. The summed E-state index contributed by atoms with van der Waals surface area (Å²) in [5.74, 6) is 0.463. The van der Waals surface area contributed by atoms with Crippen molar-refractivity contribution in [3.8, 4) is 11.4 Å². The summed E-state index contributed by atoms with van der Waals surface area (Å²) < 4.78 is 46.9. The van der Waals surface area contributed by atoms with Crippen LogP contribution in [0, 0.1) is 11.8 Å². The Balaban J connectivity index is 1.61. The fourth-order valence-corrected chi connectivity index (χ4v) is 3.39. The number of hydrogen-bond acceptors (Lipinski definition) is 6. The lowest BCUT2D eigenvalue weighted by molar-refractivity contribution is -0.137. The predicted octanol–water partition coefficient (Wildman–Crippen LogP) is 3.84. The van der Waals surface area contributed by atoms with E-state index in [1.165, 1.54) is 18.2 Å². The highest BCUT2D eigenvalue weighted by Gasteiger charge is 2.34. The smallest absolute Gasteiger partial charge is 0.417 e. The first-order valence-corrected chi connectivity index (χ1v) is 11.3. The zero-order valence-electron chi connectivity index (χ0n) is 19.4. The maximum Gasteiger partial charge on any atom is 0.417 e. The minimum atomic E-state index is -4.67. The maximum absolute atomic E-state index is 13.8. The number of benzene rings is 1. The van der Waals surface area contributed by atoms with Crippen molar-refractivity contribution in [2.75, 3.05) is 18.2 Å². The van der Waals surface area contributed by atoms with Crippen molar-refractivity contribution >= 4 is 17.6 Å². The van der Waals surface area contributed by atoms with Gasteiger partial charge in [0.05, 0.1) is 12.2 Å². The minimum Gasteiger partial charge on any atom is -0.478 e. The largest absolute Gasteiger partial charge is 0.478 e. The van der Waals surface area contributed by atoms with Crippen LogP contribution in [0.15, 0.2) is 46.3 Å². The van der Waals surface area contributed by atoms with E-state index in [1.807, 2.05) is 0 Å². The summed E-state index contributed by atoms with van der Waals surface area (Å²) in [5.41, 5.74) is -1.40. The number of anilines is 1. The number of amides is 1. The average Bonchev–Trinajstić information content (AvgIpc) is 3.65. The number of nitrogens with one attached hydrogen (secondary N) is 2. The fourth-order valence-electron chi connectivity index (χ4n) is 3.39. The van der Waals surface area contributed by atoms with Gasteiger partial charge >= 0.3 is 6.18 Å². The van der Waals surface area contributed by atoms with Crippen LogP contribution in [-0.2, 0) is 22.3 Å². The van der Waals surface area contributed by atoms with Gasteiger partial charge in [0.25, 0.3) is 5.56 Å². The standard InChI is InChI=1S/C24H26F3N5O3/c1-14(2)23(34)28-11-16-5-6-18(24(25,26)27)17(9-16)22-30-19(10-20(33)31-22)32-8-7-21(29-13-32)35-12-15-3-4-15/h5-10,14-15H,3-4,11-13H2,1-2H3,(H,28,34)(H,30,31,33). The minimum absolute atomic E-state index is 0.0410. The molecule has 0 radical (unpaired) electrons. The van der Waals surface area contributed by atoms with Gasteiger partial charge in [0, 0.05) is 36.4 Å². The summed E-state index contributed by atoms with van der Waals surface area (Å²) in [4.78, 5) is 36.8. The van der Waals surface area contributed by atoms with Crippen LogP contribution >= 0.6 is 0 Å². The molecule has 0 bridgehead atoms. The van der Waals surface area contributed by atoms with Crippen LogP contribution in [0.1, 0.15) is 37.8 Å². The van der Waals surface area contributed by atoms with Crippen molar-refractivity contribution in [2.24, 2.45) is 16.8 Å². The summed E-state index contributed by atoms with van der Waals surface area (Å²) in [7, 11) is 0. The van der Waals surface area contributed by atoms with E-state index in [-0.39, 0.29) is 42.2 Å². The topological polar surface area (TPSA) is 99.7 Å². The van der Waals surface area contributed by atoms with Crippen LogP contribution in [0.3, 0.4) is 0 Å². The third-order valence-corrected chi connectivity index (χ3v) is 5.60. The Labute approximate surface area is 199 Å². The van der Waals surface area contributed by atoms with Gasteiger partial charge in [-0.15, -0.1) is 0 Å². The molecule has 11 heteroatoms. The monoisotopic (exact) mass is 489 g/mol. The first-order valence-electron chi connectivity index (χ1n) is 11.3. The third-order valence-electron chi connectivity index (χ3n) is 5.60. The highest BCUT2D eigenvalue weighted by atomic mass is 19.4. The molecule has 0 atom stereocenters. The molecular weight excluding hydrogens is 463 g/mol. The third kappa shape index (κ3) is 6.28. The second kappa shape index (κ2) is 9.93. The summed E-state index contributed by atoms with van der Waals surface area (Å²) in [6.07, 6.45) is 0.880. The van der Waals surface area contributed by atoms with Gasteiger partial charge < -0.3 is 19.9 Å². The number of ether oxygens (including phenoxy) is 1. The van der Waals surface area contributed by atoms with Gasteiger partial charge in [-0.05, 0) is 36.5 Å². The average molecular weight is 489 g/mol. The second-order valence-electron chi connectivity index (χ2n) is 8.88. The number of H-pyrrole nitrogens is 1. The van der Waals surface area contributed by atoms with Gasteiger partial charge in [0.2, 0.25) is 11.8 Å². The molecule has 2 aromatic rings. The van der Waals surface area contributed by atoms with Crippen LogP contribution < -0.4 is 15.8 Å². The number of carbonyl (C=O) groups is 1. The second-order valence-corrected chi connectivity index (χ2v) is 8.88. The van der Waals surface area contributed by atoms with Gasteiger partial charge in [0.15, 0.2) is 0 Å². The molecule has 4 rings (SSSR count). The van der Waals surface area contributed by atoms with Crippen LogP contribution in [0.25, 0.3) is 11.4 Å². The summed E-state index contributed by atoms with van der Waals surface area (Å²) in [6, 6.07) is 4.69. The van der Waals surface area contributed by atoms with Crippen molar-refractivity contribution in [3.05, 3.63) is 58.0 Å². The van der Waals surface area contributed by atoms with Crippen molar-refractivity contribution in [3.63, 3.8) is 0 Å². The Morgan fingerprint density at radius 1 is 1.29 bits per heavy atom. The van der Waals surface area contributed by atoms with Crippen molar-refractivity contribution in [1.29, 1.82) is 0 Å². The Kier molecular flexibility index (Phi) is 6.95. The molecular formula is C24H26F3N5O3. The zero-order chi connectivity index (χ0) is 25.2. The number of nitrogens with zero attached hydrogens (tertiary/aromatic N) is 3. The summed E-state index contributed by atoms with van der Waals surface area (Å²) >= 11 is 0. The highest BCUT2D eigenvalue weighted by Crippen LogP contribution is 2.36. The fraction of sp³-hybridized carbons (Fsp3) is 0.417. The molecule has 1 aliphatic heterocycles. The van der Waals surface area contributed by atoms with E-state index < -0.39 is 17.3 Å². The number of aliphatic imine (C=N–C) groups is 1. The molecule has 1 aromatic carbocycles. The zero-order valence-corrected chi connectivity index (χ0v) is 19.4. The first kappa shape index (κ1) is 24.5. The number of aromatic nitrogens is 2. The van der Waals surface area contributed by atoms with Crippen molar-refractivity contribution in [2.45, 2.75) is 39.4 Å². The molecule has 1 aliphatic carbocycles. The molecule has 2 N–H and O–H groups in total. The molecule has 1 fully saturated rings. The van der Waals surface area contributed by atoms with Crippen molar-refractivity contribution < 1.29 is 22.7 Å². The first-order chi connectivity index (χ1) is 16.6. The van der Waals surface area contributed by atoms with E-state index in [0.29, 0.717) is 24.0 Å². The Hall–Kier alpha value is -3.63. The normalized spacial score (nSPS) is 15.8. The van der Waals surface area contributed by atoms with Crippen LogP contribution in [0.4, 0.5) is 19.0 Å². The lowest BCUT2D eigenvalue weighted by atomic mass is 10.0. The lowest BCUT2D eigenvalue weighted by Gasteiger charge is -2.22. The number of aromatic amines is 1. The molecule has 0 saturated heterocycles. The SMILES string of the molecule is CC(C)C(=O)NCc1ccc(C(F)(F)F)c(-c2nc(N3C=CC(OCC4CC4)=NC3)cc(=O)[nH]2)c1. The van der Waals surface area contributed by atoms with E-state index in [2.05, 4.69) is 20.3 Å². The van der Waals surface area contributed by atoms with E-state index in [0.717, 1.165) is 18.9 Å². The van der Waals surface area contributed by atoms with E-state index in [4.69, 9.17) is 4.74 Å². The molecule has 2 aliphatic rings. The van der Waals surface area contributed by atoms with Gasteiger partial charge in [-0.1, -0.05) is 19.9 Å². The molecule has 0 unspecified atom stereocenters. The molecule has 35 heavy (non-hydrogen) atoms. The molecule has 1 saturated carbocycles. The van der Waals surface area contributed by atoms with Gasteiger partial charge in [-0.25, -0.2) is 9.98 Å². The quantitative estimate of drug-likeness (QED) is 0.616. The summed E-state index contributed by atoms with van der Waals surface area (Å²) in [6.45, 7) is 4.19. The van der Waals surface area contributed by atoms with Crippen LogP contribution in [0.2, 0.25) is 0 Å². The van der Waals surface area contributed by atoms with Gasteiger partial charge in [-0.2, -0.15) is 13.2 Å². The number of carbonyl (C=O) groups excluding carboxylic acids is 1. The Morgan fingerprint density at radius 2 is 2.06 bits per heavy atom. The summed E-state index contributed by atoms with van der Waals surface area (Å²) in [5, 5.41) is 2.68. The molecule has 8 nitrogen and oxygen atoms in total. The van der Waals surface area contributed by atoms with Gasteiger partial charge in [0.1, 0.15) is 18.3 Å². The molecule has 2 heterocycles. The maximum atomic E-state index is 13.8. The van der Waals surface area contributed by atoms with Crippen LogP contribution in [-0.4, -0.2) is 35.0 Å². The van der Waals surface area contributed by atoms with E-state index in [9.17, 15) is 22.8 Å². The molecule has 0 spiro atoms. The van der Waals surface area contributed by atoms with E-state index >= 15 is 0 Å². The number of halogens is 3. The Bertz CT molecular complexity index is 1220. The Morgan fingerprint density at radius 3 is 2.69 bits per heavy atom. The lowest BCUT2D eigenvalue weighted by Crippen LogP contribution is -2.27. The molecule has 186 valence electrons. The van der Waals surface area contributed by atoms with Crippen molar-refractivity contribution in [1.82, 2.24) is 15.3 Å². The number of rotatable bonds is 7.